The first-order chi connectivity index (χ1) is 9.17. The number of nitrogens with one attached hydrogen (secondary N) is 2. The van der Waals surface area contributed by atoms with E-state index in [1.165, 1.54) is 0 Å². The Balaban J connectivity index is 2.50. The molecule has 0 aromatic heterocycles. The van der Waals surface area contributed by atoms with Crippen molar-refractivity contribution in [3.8, 4) is 0 Å². The predicted molar refractivity (Wildman–Crippen MR) is 75.0 cm³/mol. The Morgan fingerprint density at radius 3 is 2.84 bits per heavy atom. The highest BCUT2D eigenvalue weighted by molar-refractivity contribution is 5.92. The van der Waals surface area contributed by atoms with E-state index in [1.54, 1.807) is 32.4 Å². The number of benzene rings is 1. The molecule has 0 spiro atoms. The van der Waals surface area contributed by atoms with E-state index in [9.17, 15) is 4.79 Å². The molecule has 0 aliphatic rings. The van der Waals surface area contributed by atoms with Crippen LogP contribution in [-0.4, -0.2) is 39.2 Å². The number of carbonyl (C=O) groups excluding carboxylic acids is 1. The number of nitrogens with zero attached hydrogens (tertiary/aromatic N) is 1. The van der Waals surface area contributed by atoms with Gasteiger partial charge >= 0.3 is 0 Å². The zero-order valence-corrected chi connectivity index (χ0v) is 11.3. The molecule has 0 atom stereocenters. The summed E-state index contributed by atoms with van der Waals surface area (Å²) in [6.45, 7) is 1.85. The second kappa shape index (κ2) is 8.10. The molecule has 0 unspecified atom stereocenters. The first-order valence-electron chi connectivity index (χ1n) is 5.99. The van der Waals surface area contributed by atoms with Gasteiger partial charge in [0.1, 0.15) is 0 Å². The van der Waals surface area contributed by atoms with Crippen LogP contribution in [0.25, 0.3) is 0 Å². The molecule has 0 saturated carbocycles. The van der Waals surface area contributed by atoms with Crippen LogP contribution in [0.15, 0.2) is 29.3 Å². The van der Waals surface area contributed by atoms with Crippen LogP contribution in [0.1, 0.15) is 15.9 Å². The molecule has 104 valence electrons. The van der Waals surface area contributed by atoms with Gasteiger partial charge in [0.05, 0.1) is 6.61 Å². The molecule has 1 rings (SSSR count). The Morgan fingerprint density at radius 2 is 2.21 bits per heavy atom. The largest absolute Gasteiger partial charge is 0.383 e. The summed E-state index contributed by atoms with van der Waals surface area (Å²) >= 11 is 0. The van der Waals surface area contributed by atoms with Gasteiger partial charge in [0.2, 0.25) is 5.91 Å². The number of nitrogens with two attached hydrogens (primary N) is 1. The van der Waals surface area contributed by atoms with Crippen LogP contribution >= 0.6 is 0 Å². The maximum atomic E-state index is 11.1. The average molecular weight is 264 g/mol. The predicted octanol–water partition coefficient (Wildman–Crippen LogP) is 0.0969. The molecule has 1 amide bonds. The van der Waals surface area contributed by atoms with Gasteiger partial charge in [-0.2, -0.15) is 0 Å². The molecule has 0 heterocycles. The smallest absolute Gasteiger partial charge is 0.248 e. The third-order valence-corrected chi connectivity index (χ3v) is 2.49. The van der Waals surface area contributed by atoms with Gasteiger partial charge in [-0.1, -0.05) is 12.1 Å². The Labute approximate surface area is 113 Å². The Hall–Kier alpha value is -2.08. The highest BCUT2D eigenvalue weighted by Crippen LogP contribution is 2.04. The van der Waals surface area contributed by atoms with E-state index in [4.69, 9.17) is 10.5 Å². The Bertz CT molecular complexity index is 446. The summed E-state index contributed by atoms with van der Waals surface area (Å²) in [5.74, 6) is 0.256. The highest BCUT2D eigenvalue weighted by atomic mass is 16.5. The molecule has 19 heavy (non-hydrogen) atoms. The molecule has 0 radical (unpaired) electrons. The lowest BCUT2D eigenvalue weighted by Crippen LogP contribution is -2.38. The van der Waals surface area contributed by atoms with Crippen molar-refractivity contribution in [2.75, 3.05) is 27.3 Å². The molecular formula is C13H20N4O2. The average Bonchev–Trinajstić information content (AvgIpc) is 2.43. The third kappa shape index (κ3) is 5.39. The molecule has 6 nitrogen and oxygen atoms in total. The minimum atomic E-state index is -0.426. The van der Waals surface area contributed by atoms with Crippen molar-refractivity contribution in [1.29, 1.82) is 0 Å². The second-order valence-electron chi connectivity index (χ2n) is 3.91. The summed E-state index contributed by atoms with van der Waals surface area (Å²) in [5.41, 5.74) is 6.70. The number of rotatable bonds is 6. The van der Waals surface area contributed by atoms with Crippen molar-refractivity contribution >= 4 is 11.9 Å². The molecule has 0 bridgehead atoms. The van der Waals surface area contributed by atoms with Crippen molar-refractivity contribution in [3.63, 3.8) is 0 Å². The monoisotopic (exact) mass is 264 g/mol. The third-order valence-electron chi connectivity index (χ3n) is 2.49. The standard InChI is InChI=1S/C13H20N4O2/c1-15-13(16-6-7-19-2)17-9-10-4-3-5-11(8-10)12(14)18/h3-5,8H,6-7,9H2,1-2H3,(H2,14,18)(H2,15,16,17). The summed E-state index contributed by atoms with van der Waals surface area (Å²) in [6.07, 6.45) is 0. The SMILES string of the molecule is CN=C(NCCOC)NCc1cccc(C(N)=O)c1. The molecule has 0 aliphatic carbocycles. The quantitative estimate of drug-likeness (QED) is 0.386. The maximum absolute atomic E-state index is 11.1. The molecular weight excluding hydrogens is 244 g/mol. The minimum Gasteiger partial charge on any atom is -0.383 e. The minimum absolute atomic E-state index is 0.426. The van der Waals surface area contributed by atoms with Gasteiger partial charge in [-0.05, 0) is 17.7 Å². The van der Waals surface area contributed by atoms with E-state index in [2.05, 4.69) is 15.6 Å². The van der Waals surface area contributed by atoms with Gasteiger partial charge in [-0.15, -0.1) is 0 Å². The van der Waals surface area contributed by atoms with Crippen LogP contribution in [0.2, 0.25) is 0 Å². The molecule has 0 saturated heterocycles. The van der Waals surface area contributed by atoms with Gasteiger partial charge in [0.15, 0.2) is 5.96 Å². The lowest BCUT2D eigenvalue weighted by atomic mass is 10.1. The van der Waals surface area contributed by atoms with Crippen molar-refractivity contribution in [1.82, 2.24) is 10.6 Å². The van der Waals surface area contributed by atoms with Crippen molar-refractivity contribution in [3.05, 3.63) is 35.4 Å². The molecule has 1 aromatic rings. The van der Waals surface area contributed by atoms with Crippen molar-refractivity contribution < 1.29 is 9.53 Å². The summed E-state index contributed by atoms with van der Waals surface area (Å²) in [4.78, 5) is 15.2. The van der Waals surface area contributed by atoms with Crippen LogP contribution in [0, 0.1) is 0 Å². The molecule has 1 aromatic carbocycles. The number of hydrogen-bond acceptors (Lipinski definition) is 3. The van der Waals surface area contributed by atoms with E-state index in [1.807, 2.05) is 6.07 Å². The van der Waals surface area contributed by atoms with E-state index < -0.39 is 5.91 Å². The van der Waals surface area contributed by atoms with E-state index in [0.717, 1.165) is 5.56 Å². The number of amides is 1. The van der Waals surface area contributed by atoms with Crippen molar-refractivity contribution in [2.24, 2.45) is 10.7 Å². The summed E-state index contributed by atoms with van der Waals surface area (Å²) in [7, 11) is 3.34. The van der Waals surface area contributed by atoms with Crippen LogP contribution < -0.4 is 16.4 Å². The highest BCUT2D eigenvalue weighted by Gasteiger charge is 2.02. The number of hydrogen-bond donors (Lipinski definition) is 3. The van der Waals surface area contributed by atoms with Gasteiger partial charge in [-0.25, -0.2) is 0 Å². The Kier molecular flexibility index (Phi) is 6.38. The molecule has 0 fully saturated rings. The first kappa shape index (κ1) is 15.0. The van der Waals surface area contributed by atoms with Crippen LogP contribution in [0.5, 0.6) is 0 Å². The van der Waals surface area contributed by atoms with Crippen LogP contribution in [0.4, 0.5) is 0 Å². The lowest BCUT2D eigenvalue weighted by Gasteiger charge is -2.11. The number of primary amides is 1. The zero-order chi connectivity index (χ0) is 14.1. The van der Waals surface area contributed by atoms with Gasteiger partial charge in [-0.3, -0.25) is 9.79 Å². The fourth-order valence-electron chi connectivity index (χ4n) is 1.51. The number of ether oxygens (including phenoxy) is 1. The van der Waals surface area contributed by atoms with E-state index in [0.29, 0.717) is 31.2 Å². The van der Waals surface area contributed by atoms with Crippen molar-refractivity contribution in [2.45, 2.75) is 6.54 Å². The fourth-order valence-corrected chi connectivity index (χ4v) is 1.51. The van der Waals surface area contributed by atoms with Gasteiger partial charge in [0.25, 0.3) is 0 Å². The number of guanidine groups is 1. The zero-order valence-electron chi connectivity index (χ0n) is 11.3. The summed E-state index contributed by atoms with van der Waals surface area (Å²) in [5, 5.41) is 6.24. The molecule has 0 aliphatic heterocycles. The maximum Gasteiger partial charge on any atom is 0.248 e. The molecule has 6 heteroatoms. The van der Waals surface area contributed by atoms with E-state index >= 15 is 0 Å². The number of carbonyl (C=O) groups is 1. The van der Waals surface area contributed by atoms with E-state index in [-0.39, 0.29) is 0 Å². The first-order valence-corrected chi connectivity index (χ1v) is 5.99. The summed E-state index contributed by atoms with van der Waals surface area (Å²) in [6, 6.07) is 7.18. The second-order valence-corrected chi connectivity index (χ2v) is 3.91. The number of aliphatic imine (C=N–C) groups is 1. The number of methoxy groups -OCH3 is 1. The summed E-state index contributed by atoms with van der Waals surface area (Å²) < 4.78 is 4.94. The fraction of sp³-hybridized carbons (Fsp3) is 0.385. The van der Waals surface area contributed by atoms with Gasteiger partial charge < -0.3 is 21.1 Å². The lowest BCUT2D eigenvalue weighted by molar-refractivity contribution is 0.1000. The topological polar surface area (TPSA) is 88.7 Å². The van der Waals surface area contributed by atoms with Crippen LogP contribution in [0.3, 0.4) is 0 Å². The molecule has 4 N–H and O–H groups in total. The normalized spacial score (nSPS) is 11.2. The van der Waals surface area contributed by atoms with Gasteiger partial charge in [0, 0.05) is 32.8 Å². The van der Waals surface area contributed by atoms with Crippen LogP contribution in [-0.2, 0) is 11.3 Å². The Morgan fingerprint density at radius 1 is 1.42 bits per heavy atom.